The second kappa shape index (κ2) is 10.3. The molecule has 30 heavy (non-hydrogen) atoms. The second-order valence-corrected chi connectivity index (χ2v) is 6.94. The van der Waals surface area contributed by atoms with Crippen molar-refractivity contribution in [3.05, 3.63) is 70.9 Å². The topological polar surface area (TPSA) is 94.4 Å². The van der Waals surface area contributed by atoms with E-state index in [0.717, 1.165) is 22.4 Å². The summed E-state index contributed by atoms with van der Waals surface area (Å²) in [5, 5.41) is 23.3. The third-order valence-electron chi connectivity index (χ3n) is 4.46. The maximum Gasteiger partial charge on any atom is 0.221 e. The molecular weight excluding hydrogens is 378 g/mol. The second-order valence-electron chi connectivity index (χ2n) is 6.94. The van der Waals surface area contributed by atoms with Gasteiger partial charge in [0.05, 0.1) is 11.4 Å². The molecule has 2 aromatic rings. The molecule has 0 bridgehead atoms. The van der Waals surface area contributed by atoms with Crippen LogP contribution in [0.4, 0.5) is 5.69 Å². The molecule has 2 aromatic carbocycles. The summed E-state index contributed by atoms with van der Waals surface area (Å²) in [4.78, 5) is 11.3. The Kier molecular flexibility index (Phi) is 7.25. The molecule has 0 saturated heterocycles. The minimum Gasteiger partial charge on any atom is -0.487 e. The van der Waals surface area contributed by atoms with Crippen LogP contribution in [-0.2, 0) is 11.3 Å². The summed E-state index contributed by atoms with van der Waals surface area (Å²) in [5.74, 6) is 6.68. The summed E-state index contributed by atoms with van der Waals surface area (Å²) in [5.41, 5.74) is 4.46. The number of hydrogen-bond donors (Lipinski definition) is 4. The number of ether oxygens (including phenoxy) is 1. The first-order valence-corrected chi connectivity index (χ1v) is 9.81. The third kappa shape index (κ3) is 5.97. The molecule has 6 heteroatoms. The van der Waals surface area contributed by atoms with Gasteiger partial charge in [0.25, 0.3) is 0 Å². The van der Waals surface area contributed by atoms with Gasteiger partial charge in [-0.2, -0.15) is 0 Å². The number of benzene rings is 2. The molecule has 0 atom stereocenters. The van der Waals surface area contributed by atoms with Gasteiger partial charge in [-0.15, -0.1) is 0 Å². The molecule has 0 aromatic heterocycles. The summed E-state index contributed by atoms with van der Waals surface area (Å²) in [7, 11) is 0. The van der Waals surface area contributed by atoms with Gasteiger partial charge in [-0.25, -0.2) is 0 Å². The lowest BCUT2D eigenvalue weighted by molar-refractivity contribution is -0.114. The molecule has 1 aliphatic rings. The minimum absolute atomic E-state index is 0.129. The zero-order chi connectivity index (χ0) is 21.3. The van der Waals surface area contributed by atoms with Gasteiger partial charge in [-0.05, 0) is 30.7 Å². The molecule has 6 nitrogen and oxygen atoms in total. The van der Waals surface area contributed by atoms with E-state index >= 15 is 0 Å². The van der Waals surface area contributed by atoms with Crippen LogP contribution in [0.15, 0.2) is 54.2 Å². The average molecular weight is 403 g/mol. The van der Waals surface area contributed by atoms with Gasteiger partial charge >= 0.3 is 0 Å². The van der Waals surface area contributed by atoms with Crippen molar-refractivity contribution in [2.75, 3.05) is 18.5 Å². The van der Waals surface area contributed by atoms with Gasteiger partial charge in [0.1, 0.15) is 12.4 Å². The number of unbranched alkanes of at least 4 members (excludes halogenated alkanes) is 1. The Morgan fingerprint density at radius 2 is 2.20 bits per heavy atom. The Labute approximate surface area is 176 Å². The number of carbonyl (C=O) groups excluding carboxylic acids is 1. The van der Waals surface area contributed by atoms with Crippen molar-refractivity contribution in [2.24, 2.45) is 0 Å². The third-order valence-corrected chi connectivity index (χ3v) is 4.46. The van der Waals surface area contributed by atoms with Crippen LogP contribution >= 0.6 is 0 Å². The summed E-state index contributed by atoms with van der Waals surface area (Å²) >= 11 is 0. The van der Waals surface area contributed by atoms with Gasteiger partial charge < -0.3 is 25.9 Å². The molecule has 1 heterocycles. The summed E-state index contributed by atoms with van der Waals surface area (Å²) in [6, 6.07) is 13.1. The van der Waals surface area contributed by atoms with Gasteiger partial charge in [0.2, 0.25) is 5.91 Å². The molecule has 154 valence electrons. The van der Waals surface area contributed by atoms with E-state index in [-0.39, 0.29) is 12.5 Å². The SMILES string of the molecule is CC(=O)Nc1ccc2c(c1)OC/C(=C/C(=N)c1cccc(C#CCCCO)c1)NC2. The van der Waals surface area contributed by atoms with Crippen LogP contribution in [0.3, 0.4) is 0 Å². The number of hydrogen-bond acceptors (Lipinski definition) is 5. The van der Waals surface area contributed by atoms with E-state index in [0.29, 0.717) is 43.1 Å². The fourth-order valence-electron chi connectivity index (χ4n) is 2.98. The zero-order valence-corrected chi connectivity index (χ0v) is 16.9. The fourth-order valence-corrected chi connectivity index (χ4v) is 2.98. The first-order chi connectivity index (χ1) is 14.5. The molecule has 0 spiro atoms. The molecular formula is C24H25N3O3. The highest BCUT2D eigenvalue weighted by Crippen LogP contribution is 2.26. The van der Waals surface area contributed by atoms with Crippen LogP contribution in [0.5, 0.6) is 5.75 Å². The van der Waals surface area contributed by atoms with E-state index in [1.807, 2.05) is 42.5 Å². The maximum absolute atomic E-state index is 11.3. The van der Waals surface area contributed by atoms with Crippen LogP contribution in [0.2, 0.25) is 0 Å². The molecule has 1 aliphatic heterocycles. The fraction of sp³-hybridized carbons (Fsp3) is 0.250. The Balaban J connectivity index is 1.69. The highest BCUT2D eigenvalue weighted by atomic mass is 16.5. The summed E-state index contributed by atoms with van der Waals surface area (Å²) < 4.78 is 5.90. The Morgan fingerprint density at radius 1 is 1.33 bits per heavy atom. The molecule has 0 fully saturated rings. The van der Waals surface area contributed by atoms with Crippen molar-refractivity contribution in [2.45, 2.75) is 26.3 Å². The molecule has 0 aliphatic carbocycles. The molecule has 4 N–H and O–H groups in total. The number of aliphatic hydroxyl groups is 1. The van der Waals surface area contributed by atoms with Crippen LogP contribution in [-0.4, -0.2) is 29.9 Å². The summed E-state index contributed by atoms with van der Waals surface area (Å²) in [6.45, 7) is 2.49. The monoisotopic (exact) mass is 403 g/mol. The predicted molar refractivity (Wildman–Crippen MR) is 118 cm³/mol. The predicted octanol–water partition coefficient (Wildman–Crippen LogP) is 3.20. The zero-order valence-electron chi connectivity index (χ0n) is 16.9. The van der Waals surface area contributed by atoms with Crippen molar-refractivity contribution in [1.29, 1.82) is 5.41 Å². The van der Waals surface area contributed by atoms with E-state index < -0.39 is 0 Å². The smallest absolute Gasteiger partial charge is 0.221 e. The molecule has 1 amide bonds. The maximum atomic E-state index is 11.3. The highest BCUT2D eigenvalue weighted by Gasteiger charge is 2.13. The van der Waals surface area contributed by atoms with Gasteiger partial charge in [-0.3, -0.25) is 4.79 Å². The number of amides is 1. The Bertz CT molecular complexity index is 1030. The number of nitrogens with one attached hydrogen (secondary N) is 3. The quantitative estimate of drug-likeness (QED) is 0.350. The van der Waals surface area contributed by atoms with Crippen molar-refractivity contribution in [1.82, 2.24) is 5.32 Å². The standard InChI is InChI=1S/C24H25N3O3/c1-17(29)27-21-10-9-20-15-26-22(16-30-24(20)14-21)13-23(25)19-8-5-7-18(12-19)6-3-2-4-11-28/h5,7-10,12-14,25-26,28H,2,4,11,15-16H2,1H3,(H,27,29)/b22-13-,25-23?. The summed E-state index contributed by atoms with van der Waals surface area (Å²) in [6.07, 6.45) is 3.07. The molecule has 3 rings (SSSR count). The largest absolute Gasteiger partial charge is 0.487 e. The van der Waals surface area contributed by atoms with E-state index in [1.54, 1.807) is 6.08 Å². The van der Waals surface area contributed by atoms with Crippen molar-refractivity contribution in [3.8, 4) is 17.6 Å². The first kappa shape index (κ1) is 21.2. The van der Waals surface area contributed by atoms with Crippen LogP contribution < -0.4 is 15.4 Å². The molecule has 0 saturated carbocycles. The van der Waals surface area contributed by atoms with Gasteiger partial charge in [-0.1, -0.05) is 30.0 Å². The number of allylic oxidation sites excluding steroid dienone is 1. The van der Waals surface area contributed by atoms with E-state index in [4.69, 9.17) is 15.3 Å². The number of rotatable bonds is 5. The van der Waals surface area contributed by atoms with Crippen molar-refractivity contribution < 1.29 is 14.6 Å². The van der Waals surface area contributed by atoms with Gasteiger partial charge in [0, 0.05) is 54.9 Å². The van der Waals surface area contributed by atoms with Crippen molar-refractivity contribution in [3.63, 3.8) is 0 Å². The van der Waals surface area contributed by atoms with Crippen LogP contribution in [0.1, 0.15) is 36.5 Å². The Morgan fingerprint density at radius 3 is 3.00 bits per heavy atom. The lowest BCUT2D eigenvalue weighted by atomic mass is 10.1. The van der Waals surface area contributed by atoms with Crippen molar-refractivity contribution >= 4 is 17.3 Å². The first-order valence-electron chi connectivity index (χ1n) is 9.81. The number of carbonyl (C=O) groups is 1. The lowest BCUT2D eigenvalue weighted by Gasteiger charge is -2.09. The molecule has 0 unspecified atom stereocenters. The number of anilines is 1. The molecule has 0 radical (unpaired) electrons. The van der Waals surface area contributed by atoms with E-state index in [2.05, 4.69) is 22.5 Å². The Hall–Kier alpha value is -3.56. The minimum atomic E-state index is -0.129. The highest BCUT2D eigenvalue weighted by molar-refractivity contribution is 6.07. The van der Waals surface area contributed by atoms with E-state index in [9.17, 15) is 4.79 Å². The van der Waals surface area contributed by atoms with Gasteiger partial charge in [0.15, 0.2) is 0 Å². The van der Waals surface area contributed by atoms with Crippen LogP contribution in [0, 0.1) is 17.3 Å². The number of aliphatic hydroxyl groups excluding tert-OH is 1. The lowest BCUT2D eigenvalue weighted by Crippen LogP contribution is -2.16. The van der Waals surface area contributed by atoms with E-state index in [1.165, 1.54) is 6.92 Å². The number of fused-ring (bicyclic) bond motifs is 1. The van der Waals surface area contributed by atoms with Crippen LogP contribution in [0.25, 0.3) is 0 Å². The normalized spacial score (nSPS) is 13.7. The average Bonchev–Trinajstić information content (AvgIpc) is 2.93.